The molecule has 66 valence electrons. The van der Waals surface area contributed by atoms with Crippen molar-refractivity contribution in [3.05, 3.63) is 34.9 Å². The predicted molar refractivity (Wildman–Crippen MR) is 53.8 cm³/mol. The monoisotopic (exact) mass is 183 g/mol. The molecule has 0 saturated carbocycles. The van der Waals surface area contributed by atoms with Gasteiger partial charge in [0.25, 0.3) is 0 Å². The first-order valence-electron chi connectivity index (χ1n) is 4.15. The molecule has 0 atom stereocenters. The summed E-state index contributed by atoms with van der Waals surface area (Å²) >= 11 is 0. The van der Waals surface area contributed by atoms with Gasteiger partial charge in [0.2, 0.25) is 0 Å². The second kappa shape index (κ2) is 3.92. The summed E-state index contributed by atoms with van der Waals surface area (Å²) in [4.78, 5) is 0. The third-order valence-electron chi connectivity index (χ3n) is 2.25. The molecule has 2 rings (SSSR count). The molecule has 1 aliphatic heterocycles. The normalized spacial score (nSPS) is 14.8. The number of hydrogen-bond acceptors (Lipinski definition) is 1. The number of aryl methyl sites for hydroxylation is 1. The quantitative estimate of drug-likeness (QED) is 0.650. The highest BCUT2D eigenvalue weighted by molar-refractivity contribution is 5.85. The molecule has 0 radical (unpaired) electrons. The minimum atomic E-state index is 0. The van der Waals surface area contributed by atoms with Crippen LogP contribution in [0.2, 0.25) is 0 Å². The molecule has 1 heterocycles. The zero-order valence-electron chi connectivity index (χ0n) is 7.26. The summed E-state index contributed by atoms with van der Waals surface area (Å²) in [5, 5.41) is 3.36. The van der Waals surface area contributed by atoms with Gasteiger partial charge >= 0.3 is 0 Å². The highest BCUT2D eigenvalue weighted by Gasteiger charge is 2.06. The number of fused-ring (bicyclic) bond motifs is 1. The third kappa shape index (κ3) is 1.79. The van der Waals surface area contributed by atoms with E-state index < -0.39 is 0 Å². The zero-order valence-corrected chi connectivity index (χ0v) is 8.08. The van der Waals surface area contributed by atoms with Crippen LogP contribution in [-0.4, -0.2) is 6.54 Å². The topological polar surface area (TPSA) is 12.0 Å². The van der Waals surface area contributed by atoms with E-state index in [1.165, 1.54) is 23.1 Å². The Hall–Kier alpha value is -0.530. The number of rotatable bonds is 0. The lowest BCUT2D eigenvalue weighted by Gasteiger charge is -2.16. The molecule has 0 bridgehead atoms. The van der Waals surface area contributed by atoms with Crippen LogP contribution in [0.3, 0.4) is 0 Å². The average Bonchev–Trinajstić information content (AvgIpc) is 2.04. The lowest BCUT2D eigenvalue weighted by Crippen LogP contribution is -2.23. The van der Waals surface area contributed by atoms with E-state index in [0.717, 1.165) is 13.1 Å². The molecule has 2 heteroatoms. The van der Waals surface area contributed by atoms with Gasteiger partial charge in [-0.25, -0.2) is 0 Å². The predicted octanol–water partition coefficient (Wildman–Crippen LogP) is 2.06. The molecule has 1 N–H and O–H groups in total. The second-order valence-corrected chi connectivity index (χ2v) is 3.20. The summed E-state index contributed by atoms with van der Waals surface area (Å²) in [6, 6.07) is 6.72. The first-order chi connectivity index (χ1) is 5.36. The molecule has 0 fully saturated rings. The van der Waals surface area contributed by atoms with Gasteiger partial charge in [0, 0.05) is 6.54 Å². The number of nitrogens with one attached hydrogen (secondary N) is 1. The van der Waals surface area contributed by atoms with Crippen molar-refractivity contribution in [1.29, 1.82) is 0 Å². The fourth-order valence-electron chi connectivity index (χ4n) is 1.61. The highest BCUT2D eigenvalue weighted by Crippen LogP contribution is 2.14. The molecule has 12 heavy (non-hydrogen) atoms. The van der Waals surface area contributed by atoms with Gasteiger partial charge < -0.3 is 5.32 Å². The Bertz CT molecular complexity index is 271. The molecule has 1 aliphatic rings. The molecule has 1 aromatic carbocycles. The Morgan fingerprint density at radius 1 is 1.25 bits per heavy atom. The van der Waals surface area contributed by atoms with E-state index in [0.29, 0.717) is 0 Å². The maximum atomic E-state index is 3.36. The van der Waals surface area contributed by atoms with Gasteiger partial charge in [-0.1, -0.05) is 23.8 Å². The van der Waals surface area contributed by atoms with Crippen LogP contribution in [-0.2, 0) is 13.0 Å². The van der Waals surface area contributed by atoms with Gasteiger partial charge in [-0.15, -0.1) is 12.4 Å². The number of benzene rings is 1. The van der Waals surface area contributed by atoms with E-state index in [1.54, 1.807) is 0 Å². The molecule has 1 nitrogen and oxygen atoms in total. The first-order valence-corrected chi connectivity index (χ1v) is 4.15. The van der Waals surface area contributed by atoms with Crippen molar-refractivity contribution in [1.82, 2.24) is 5.32 Å². The van der Waals surface area contributed by atoms with E-state index in [9.17, 15) is 0 Å². The van der Waals surface area contributed by atoms with Gasteiger partial charge in [0.1, 0.15) is 0 Å². The van der Waals surface area contributed by atoms with Crippen LogP contribution >= 0.6 is 12.4 Å². The molecule has 0 aliphatic carbocycles. The minimum absolute atomic E-state index is 0. The minimum Gasteiger partial charge on any atom is -0.312 e. The molecule has 0 aromatic heterocycles. The molecule has 0 amide bonds. The summed E-state index contributed by atoms with van der Waals surface area (Å²) in [5.74, 6) is 0. The van der Waals surface area contributed by atoms with E-state index in [1.807, 2.05) is 0 Å². The SMILES string of the molecule is Cc1ccc2c(c1)CCNC2.Cl. The lowest BCUT2D eigenvalue weighted by molar-refractivity contribution is 0.643. The largest absolute Gasteiger partial charge is 0.312 e. The zero-order chi connectivity index (χ0) is 7.68. The van der Waals surface area contributed by atoms with E-state index in [4.69, 9.17) is 0 Å². The van der Waals surface area contributed by atoms with Gasteiger partial charge in [-0.2, -0.15) is 0 Å². The van der Waals surface area contributed by atoms with Crippen molar-refractivity contribution in [2.75, 3.05) is 6.54 Å². The summed E-state index contributed by atoms with van der Waals surface area (Å²) in [6.45, 7) is 4.34. The van der Waals surface area contributed by atoms with Crippen LogP contribution in [0.4, 0.5) is 0 Å². The van der Waals surface area contributed by atoms with Crippen molar-refractivity contribution >= 4 is 12.4 Å². The Morgan fingerprint density at radius 3 is 2.92 bits per heavy atom. The number of halogens is 1. The molecule has 0 saturated heterocycles. The maximum absolute atomic E-state index is 3.36. The van der Waals surface area contributed by atoms with Gasteiger partial charge in [0.15, 0.2) is 0 Å². The molecule has 0 unspecified atom stereocenters. The smallest absolute Gasteiger partial charge is 0.0208 e. The van der Waals surface area contributed by atoms with Gasteiger partial charge in [-0.05, 0) is 31.0 Å². The average molecular weight is 184 g/mol. The molecule has 0 spiro atoms. The number of hydrogen-bond donors (Lipinski definition) is 1. The van der Waals surface area contributed by atoms with E-state index in [2.05, 4.69) is 30.4 Å². The van der Waals surface area contributed by atoms with Crippen molar-refractivity contribution in [3.63, 3.8) is 0 Å². The summed E-state index contributed by atoms with van der Waals surface area (Å²) < 4.78 is 0. The van der Waals surface area contributed by atoms with Crippen LogP contribution < -0.4 is 5.32 Å². The van der Waals surface area contributed by atoms with Crippen LogP contribution in [0.5, 0.6) is 0 Å². The van der Waals surface area contributed by atoms with E-state index in [-0.39, 0.29) is 12.4 Å². The Morgan fingerprint density at radius 2 is 2.08 bits per heavy atom. The molecule has 1 aromatic rings. The summed E-state index contributed by atoms with van der Waals surface area (Å²) in [5.41, 5.74) is 4.39. The van der Waals surface area contributed by atoms with Crippen molar-refractivity contribution in [3.8, 4) is 0 Å². The van der Waals surface area contributed by atoms with Gasteiger partial charge in [0.05, 0.1) is 0 Å². The Kier molecular flexibility index (Phi) is 3.12. The van der Waals surface area contributed by atoms with E-state index >= 15 is 0 Å². The molecular formula is C10H14ClN. The van der Waals surface area contributed by atoms with Gasteiger partial charge in [-0.3, -0.25) is 0 Å². The van der Waals surface area contributed by atoms with Crippen LogP contribution in [0, 0.1) is 6.92 Å². The Labute approximate surface area is 79.6 Å². The summed E-state index contributed by atoms with van der Waals surface area (Å²) in [7, 11) is 0. The maximum Gasteiger partial charge on any atom is 0.0208 e. The third-order valence-corrected chi connectivity index (χ3v) is 2.25. The van der Waals surface area contributed by atoms with Crippen LogP contribution in [0.25, 0.3) is 0 Å². The standard InChI is InChI=1S/C10H13N.ClH/c1-8-2-3-10-7-11-5-4-9(10)6-8;/h2-3,6,11H,4-5,7H2,1H3;1H. The van der Waals surface area contributed by atoms with Crippen LogP contribution in [0.15, 0.2) is 18.2 Å². The Balaban J connectivity index is 0.000000720. The fraction of sp³-hybridized carbons (Fsp3) is 0.400. The van der Waals surface area contributed by atoms with Crippen molar-refractivity contribution < 1.29 is 0 Å². The van der Waals surface area contributed by atoms with Crippen molar-refractivity contribution in [2.24, 2.45) is 0 Å². The first kappa shape index (κ1) is 9.56. The van der Waals surface area contributed by atoms with Crippen LogP contribution in [0.1, 0.15) is 16.7 Å². The molecular weight excluding hydrogens is 170 g/mol. The lowest BCUT2D eigenvalue weighted by atomic mass is 9.99. The fourth-order valence-corrected chi connectivity index (χ4v) is 1.61. The summed E-state index contributed by atoms with van der Waals surface area (Å²) in [6.07, 6.45) is 1.19. The van der Waals surface area contributed by atoms with Crippen molar-refractivity contribution in [2.45, 2.75) is 19.9 Å². The highest BCUT2D eigenvalue weighted by atomic mass is 35.5. The second-order valence-electron chi connectivity index (χ2n) is 3.20.